The average Bonchev–Trinajstić information content (AvgIpc) is 2.55. The number of hydrogen-bond donors (Lipinski definition) is 2. The highest BCUT2D eigenvalue weighted by Gasteiger charge is 2.28. The number of rotatable bonds is 3. The SMILES string of the molecule is CC(C)C(=O)N[C@@H]1CCCN(C(=O)C(=O)Nc2cccnc2)C1. The molecule has 1 atom stereocenters. The lowest BCUT2D eigenvalue weighted by Crippen LogP contribution is -2.52. The Hall–Kier alpha value is -2.44. The van der Waals surface area contributed by atoms with Gasteiger partial charge in [-0.25, -0.2) is 0 Å². The third-order valence-corrected chi connectivity index (χ3v) is 3.69. The molecule has 2 rings (SSSR count). The van der Waals surface area contributed by atoms with E-state index >= 15 is 0 Å². The molecule has 0 aliphatic carbocycles. The molecule has 0 radical (unpaired) electrons. The topological polar surface area (TPSA) is 91.4 Å². The van der Waals surface area contributed by atoms with Gasteiger partial charge in [-0.2, -0.15) is 0 Å². The van der Waals surface area contributed by atoms with Crippen LogP contribution in [-0.4, -0.2) is 46.7 Å². The van der Waals surface area contributed by atoms with E-state index in [4.69, 9.17) is 0 Å². The zero-order chi connectivity index (χ0) is 16.8. The van der Waals surface area contributed by atoms with Crippen LogP contribution in [-0.2, 0) is 14.4 Å². The van der Waals surface area contributed by atoms with Gasteiger partial charge in [0.15, 0.2) is 0 Å². The maximum Gasteiger partial charge on any atom is 0.313 e. The first kappa shape index (κ1) is 16.9. The summed E-state index contributed by atoms with van der Waals surface area (Å²) in [6, 6.07) is 3.24. The number of nitrogens with one attached hydrogen (secondary N) is 2. The lowest BCUT2D eigenvalue weighted by atomic mass is 10.0. The Morgan fingerprint density at radius 3 is 2.78 bits per heavy atom. The summed E-state index contributed by atoms with van der Waals surface area (Å²) in [5.41, 5.74) is 0.479. The number of amides is 3. The Labute approximate surface area is 135 Å². The minimum atomic E-state index is -0.686. The second-order valence-electron chi connectivity index (χ2n) is 5.95. The third kappa shape index (κ3) is 4.77. The lowest BCUT2D eigenvalue weighted by Gasteiger charge is -2.33. The Kier molecular flexibility index (Phi) is 5.67. The minimum absolute atomic E-state index is 0.0379. The molecule has 7 heteroatoms. The number of pyridine rings is 1. The van der Waals surface area contributed by atoms with Gasteiger partial charge in [0, 0.05) is 31.2 Å². The smallest absolute Gasteiger partial charge is 0.313 e. The largest absolute Gasteiger partial charge is 0.351 e. The standard InChI is InChI=1S/C16H22N4O3/c1-11(2)14(21)19-13-6-4-8-20(10-13)16(23)15(22)18-12-5-3-7-17-9-12/h3,5,7,9,11,13H,4,6,8,10H2,1-2H3,(H,18,22)(H,19,21)/t13-/m1/s1. The second kappa shape index (κ2) is 7.71. The predicted octanol–water partition coefficient (Wildman–Crippen LogP) is 0.783. The van der Waals surface area contributed by atoms with Crippen LogP contribution >= 0.6 is 0 Å². The minimum Gasteiger partial charge on any atom is -0.351 e. The summed E-state index contributed by atoms with van der Waals surface area (Å²) in [7, 11) is 0. The number of likely N-dealkylation sites (tertiary alicyclic amines) is 1. The molecule has 23 heavy (non-hydrogen) atoms. The molecule has 0 bridgehead atoms. The van der Waals surface area contributed by atoms with E-state index in [1.807, 2.05) is 13.8 Å². The third-order valence-electron chi connectivity index (χ3n) is 3.69. The second-order valence-corrected chi connectivity index (χ2v) is 5.95. The molecule has 1 aliphatic heterocycles. The first-order valence-corrected chi connectivity index (χ1v) is 7.78. The fourth-order valence-corrected chi connectivity index (χ4v) is 2.41. The fraction of sp³-hybridized carbons (Fsp3) is 0.500. The van der Waals surface area contributed by atoms with Crippen LogP contribution in [0.4, 0.5) is 5.69 Å². The number of carbonyl (C=O) groups excluding carboxylic acids is 3. The monoisotopic (exact) mass is 318 g/mol. The van der Waals surface area contributed by atoms with Crippen molar-refractivity contribution in [2.75, 3.05) is 18.4 Å². The van der Waals surface area contributed by atoms with Crippen molar-refractivity contribution >= 4 is 23.4 Å². The summed E-state index contributed by atoms with van der Waals surface area (Å²) in [6.45, 7) is 4.52. The summed E-state index contributed by atoms with van der Waals surface area (Å²) in [5, 5.41) is 5.45. The highest BCUT2D eigenvalue weighted by atomic mass is 16.2. The molecule has 7 nitrogen and oxygen atoms in total. The molecular formula is C16H22N4O3. The van der Waals surface area contributed by atoms with Crippen molar-refractivity contribution in [2.24, 2.45) is 5.92 Å². The van der Waals surface area contributed by atoms with Gasteiger partial charge in [0.2, 0.25) is 5.91 Å². The van der Waals surface area contributed by atoms with Crippen LogP contribution in [0.3, 0.4) is 0 Å². The van der Waals surface area contributed by atoms with Crippen LogP contribution in [0.1, 0.15) is 26.7 Å². The zero-order valence-electron chi connectivity index (χ0n) is 13.4. The maximum atomic E-state index is 12.2. The highest BCUT2D eigenvalue weighted by Crippen LogP contribution is 2.12. The van der Waals surface area contributed by atoms with Crippen LogP contribution in [0.15, 0.2) is 24.5 Å². The van der Waals surface area contributed by atoms with Crippen LogP contribution in [0, 0.1) is 5.92 Å². The van der Waals surface area contributed by atoms with E-state index in [1.54, 1.807) is 18.3 Å². The number of carbonyl (C=O) groups is 3. The molecule has 0 saturated carbocycles. The van der Waals surface area contributed by atoms with E-state index in [0.29, 0.717) is 18.8 Å². The summed E-state index contributed by atoms with van der Waals surface area (Å²) in [6.07, 6.45) is 4.64. The van der Waals surface area contributed by atoms with Gasteiger partial charge in [-0.1, -0.05) is 13.8 Å². The summed E-state index contributed by atoms with van der Waals surface area (Å²) in [4.78, 5) is 41.4. The van der Waals surface area contributed by atoms with Crippen LogP contribution < -0.4 is 10.6 Å². The molecule has 0 aromatic carbocycles. The first-order valence-electron chi connectivity index (χ1n) is 7.78. The quantitative estimate of drug-likeness (QED) is 0.806. The van der Waals surface area contributed by atoms with Crippen molar-refractivity contribution in [3.05, 3.63) is 24.5 Å². The molecular weight excluding hydrogens is 296 g/mol. The van der Waals surface area contributed by atoms with E-state index in [2.05, 4.69) is 15.6 Å². The summed E-state index contributed by atoms with van der Waals surface area (Å²) in [5.74, 6) is -1.41. The molecule has 1 aromatic rings. The predicted molar refractivity (Wildman–Crippen MR) is 85.4 cm³/mol. The Bertz CT molecular complexity index is 574. The Morgan fingerprint density at radius 2 is 2.13 bits per heavy atom. The van der Waals surface area contributed by atoms with E-state index in [9.17, 15) is 14.4 Å². The van der Waals surface area contributed by atoms with Crippen molar-refractivity contribution in [3.8, 4) is 0 Å². The molecule has 2 N–H and O–H groups in total. The molecule has 1 aliphatic rings. The molecule has 124 valence electrons. The number of piperidine rings is 1. The Morgan fingerprint density at radius 1 is 1.35 bits per heavy atom. The fourth-order valence-electron chi connectivity index (χ4n) is 2.41. The molecule has 1 aromatic heterocycles. The van der Waals surface area contributed by atoms with E-state index < -0.39 is 11.8 Å². The van der Waals surface area contributed by atoms with Gasteiger partial charge in [0.25, 0.3) is 0 Å². The maximum absolute atomic E-state index is 12.2. The van der Waals surface area contributed by atoms with Gasteiger partial charge < -0.3 is 15.5 Å². The van der Waals surface area contributed by atoms with Crippen molar-refractivity contribution < 1.29 is 14.4 Å². The van der Waals surface area contributed by atoms with Gasteiger partial charge in [-0.15, -0.1) is 0 Å². The van der Waals surface area contributed by atoms with E-state index in [0.717, 1.165) is 12.8 Å². The van der Waals surface area contributed by atoms with Crippen LogP contribution in [0.2, 0.25) is 0 Å². The molecule has 0 unspecified atom stereocenters. The average molecular weight is 318 g/mol. The lowest BCUT2D eigenvalue weighted by molar-refractivity contribution is -0.144. The van der Waals surface area contributed by atoms with Gasteiger partial charge in [-0.05, 0) is 25.0 Å². The van der Waals surface area contributed by atoms with Gasteiger partial charge >= 0.3 is 11.8 Å². The zero-order valence-corrected chi connectivity index (χ0v) is 13.4. The van der Waals surface area contributed by atoms with Crippen LogP contribution in [0.25, 0.3) is 0 Å². The van der Waals surface area contributed by atoms with Crippen molar-refractivity contribution in [1.82, 2.24) is 15.2 Å². The number of anilines is 1. The normalized spacial score (nSPS) is 17.7. The van der Waals surface area contributed by atoms with Gasteiger partial charge in [-0.3, -0.25) is 19.4 Å². The molecule has 1 fully saturated rings. The molecule has 0 spiro atoms. The highest BCUT2D eigenvalue weighted by molar-refractivity contribution is 6.39. The van der Waals surface area contributed by atoms with Crippen molar-refractivity contribution in [2.45, 2.75) is 32.7 Å². The van der Waals surface area contributed by atoms with E-state index in [1.165, 1.54) is 11.1 Å². The summed E-state index contributed by atoms with van der Waals surface area (Å²) < 4.78 is 0. The molecule has 1 saturated heterocycles. The number of hydrogen-bond acceptors (Lipinski definition) is 4. The summed E-state index contributed by atoms with van der Waals surface area (Å²) >= 11 is 0. The van der Waals surface area contributed by atoms with E-state index in [-0.39, 0.29) is 17.9 Å². The van der Waals surface area contributed by atoms with Gasteiger partial charge in [0.05, 0.1) is 11.9 Å². The molecule has 2 heterocycles. The van der Waals surface area contributed by atoms with Crippen molar-refractivity contribution in [3.63, 3.8) is 0 Å². The first-order chi connectivity index (χ1) is 11.0. The Balaban J connectivity index is 1.91. The number of nitrogens with zero attached hydrogens (tertiary/aromatic N) is 2. The number of aromatic nitrogens is 1. The molecule has 3 amide bonds. The van der Waals surface area contributed by atoms with Gasteiger partial charge in [0.1, 0.15) is 0 Å². The van der Waals surface area contributed by atoms with Crippen molar-refractivity contribution in [1.29, 1.82) is 0 Å². The van der Waals surface area contributed by atoms with Crippen LogP contribution in [0.5, 0.6) is 0 Å².